The van der Waals surface area contributed by atoms with Crippen molar-refractivity contribution in [2.75, 3.05) is 13.7 Å². The monoisotopic (exact) mass is 355 g/mol. The van der Waals surface area contributed by atoms with E-state index in [-0.39, 0.29) is 30.2 Å². The van der Waals surface area contributed by atoms with Crippen molar-refractivity contribution in [1.29, 1.82) is 0 Å². The maximum Gasteiger partial charge on any atom is 0.242 e. The Labute approximate surface area is 153 Å². The van der Waals surface area contributed by atoms with E-state index in [4.69, 9.17) is 4.74 Å². The molecule has 6 heteroatoms. The van der Waals surface area contributed by atoms with Gasteiger partial charge in [-0.2, -0.15) is 0 Å². The van der Waals surface area contributed by atoms with Gasteiger partial charge in [-0.15, -0.1) is 0 Å². The third kappa shape index (κ3) is 2.93. The van der Waals surface area contributed by atoms with Crippen molar-refractivity contribution < 1.29 is 14.6 Å². The van der Waals surface area contributed by atoms with Crippen LogP contribution >= 0.6 is 0 Å². The molecule has 2 heterocycles. The molecule has 1 aromatic carbocycles. The Kier molecular flexibility index (Phi) is 4.54. The Bertz CT molecular complexity index is 776. The normalized spacial score (nSPS) is 28.2. The average Bonchev–Trinajstić information content (AvgIpc) is 3.27. The van der Waals surface area contributed by atoms with E-state index in [1.807, 2.05) is 46.0 Å². The minimum absolute atomic E-state index is 0.0487. The van der Waals surface area contributed by atoms with E-state index in [9.17, 15) is 9.90 Å². The summed E-state index contributed by atoms with van der Waals surface area (Å²) in [6.07, 6.45) is 6.19. The van der Waals surface area contributed by atoms with Crippen molar-refractivity contribution in [3.05, 3.63) is 42.7 Å². The number of methoxy groups -OCH3 is 1. The lowest BCUT2D eigenvalue weighted by Gasteiger charge is -2.42. The Hall–Kier alpha value is -2.18. The molecule has 3 atom stereocenters. The molecule has 2 aromatic rings. The van der Waals surface area contributed by atoms with Crippen LogP contribution in [0, 0.1) is 0 Å². The second-order valence-corrected chi connectivity index (χ2v) is 7.29. The number of hydrogen-bond donors (Lipinski definition) is 1. The first-order valence-corrected chi connectivity index (χ1v) is 9.22. The number of aliphatic hydroxyl groups excluding tert-OH is 1. The van der Waals surface area contributed by atoms with Crippen LogP contribution in [0.3, 0.4) is 0 Å². The van der Waals surface area contributed by atoms with Gasteiger partial charge < -0.3 is 19.3 Å². The predicted octanol–water partition coefficient (Wildman–Crippen LogP) is 2.08. The number of aliphatic hydroxyl groups is 1. The molecule has 2 fully saturated rings. The van der Waals surface area contributed by atoms with Crippen molar-refractivity contribution in [3.63, 3.8) is 0 Å². The standard InChI is InChI=1S/C20H25N3O3/c1-26-20-8-7-16(24)13-17(20)23(11-9-20)18(25)14-22-12-10-21-19(22)15-5-3-2-4-6-15/h2-6,10,12,16-17,24H,7-9,11,13-14H2,1H3/t16-,17+,20-/m1/s1. The van der Waals surface area contributed by atoms with Crippen LogP contribution in [-0.2, 0) is 16.1 Å². The van der Waals surface area contributed by atoms with Crippen LogP contribution in [0.1, 0.15) is 25.7 Å². The van der Waals surface area contributed by atoms with E-state index in [0.29, 0.717) is 13.0 Å². The highest BCUT2D eigenvalue weighted by atomic mass is 16.5. The van der Waals surface area contributed by atoms with Gasteiger partial charge in [-0.3, -0.25) is 4.79 Å². The van der Waals surface area contributed by atoms with Crippen molar-refractivity contribution in [3.8, 4) is 11.4 Å². The largest absolute Gasteiger partial charge is 0.393 e. The lowest BCUT2D eigenvalue weighted by molar-refractivity contribution is -0.140. The topological polar surface area (TPSA) is 67.6 Å². The maximum atomic E-state index is 13.1. The van der Waals surface area contributed by atoms with E-state index in [0.717, 1.165) is 30.7 Å². The molecule has 26 heavy (non-hydrogen) atoms. The van der Waals surface area contributed by atoms with Gasteiger partial charge in [0.1, 0.15) is 12.4 Å². The molecule has 1 N–H and O–H groups in total. The molecule has 0 unspecified atom stereocenters. The molecular formula is C20H25N3O3. The molecule has 4 rings (SSSR count). The molecule has 0 spiro atoms. The summed E-state index contributed by atoms with van der Waals surface area (Å²) >= 11 is 0. The summed E-state index contributed by atoms with van der Waals surface area (Å²) in [6, 6.07) is 9.83. The average molecular weight is 355 g/mol. The number of imidazole rings is 1. The van der Waals surface area contributed by atoms with Crippen LogP contribution in [-0.4, -0.2) is 56.9 Å². The molecule has 6 nitrogen and oxygen atoms in total. The summed E-state index contributed by atoms with van der Waals surface area (Å²) in [5, 5.41) is 10.1. The molecule has 2 aliphatic rings. The molecule has 1 aliphatic carbocycles. The fourth-order valence-corrected chi connectivity index (χ4v) is 4.50. The van der Waals surface area contributed by atoms with Gasteiger partial charge >= 0.3 is 0 Å². The van der Waals surface area contributed by atoms with E-state index in [1.165, 1.54) is 0 Å². The zero-order valence-electron chi connectivity index (χ0n) is 15.0. The van der Waals surface area contributed by atoms with Gasteiger partial charge in [0.05, 0.1) is 17.7 Å². The highest BCUT2D eigenvalue weighted by molar-refractivity contribution is 5.77. The number of benzene rings is 1. The molecule has 0 radical (unpaired) electrons. The van der Waals surface area contributed by atoms with Crippen LogP contribution in [0.15, 0.2) is 42.7 Å². The molecular weight excluding hydrogens is 330 g/mol. The molecule has 1 aromatic heterocycles. The number of rotatable bonds is 4. The van der Waals surface area contributed by atoms with E-state index < -0.39 is 0 Å². The van der Waals surface area contributed by atoms with Gasteiger partial charge in [-0.25, -0.2) is 4.98 Å². The van der Waals surface area contributed by atoms with Gasteiger partial charge in [0.2, 0.25) is 5.91 Å². The van der Waals surface area contributed by atoms with Crippen molar-refractivity contribution in [2.24, 2.45) is 0 Å². The first-order chi connectivity index (χ1) is 12.6. The lowest BCUT2D eigenvalue weighted by Crippen LogP contribution is -2.53. The Balaban J connectivity index is 1.54. The zero-order valence-corrected chi connectivity index (χ0v) is 15.0. The Morgan fingerprint density at radius 2 is 2.15 bits per heavy atom. The van der Waals surface area contributed by atoms with Crippen LogP contribution in [0.2, 0.25) is 0 Å². The van der Waals surface area contributed by atoms with E-state index in [2.05, 4.69) is 4.98 Å². The minimum atomic E-state index is -0.357. The van der Waals surface area contributed by atoms with Crippen molar-refractivity contribution in [1.82, 2.24) is 14.5 Å². The summed E-state index contributed by atoms with van der Waals surface area (Å²) in [7, 11) is 1.72. The lowest BCUT2D eigenvalue weighted by atomic mass is 9.79. The van der Waals surface area contributed by atoms with Crippen LogP contribution in [0.25, 0.3) is 11.4 Å². The summed E-state index contributed by atoms with van der Waals surface area (Å²) in [5.41, 5.74) is 0.692. The predicted molar refractivity (Wildman–Crippen MR) is 97.4 cm³/mol. The third-order valence-electron chi connectivity index (χ3n) is 5.94. The highest BCUT2D eigenvalue weighted by Crippen LogP contribution is 2.42. The van der Waals surface area contributed by atoms with E-state index >= 15 is 0 Å². The summed E-state index contributed by atoms with van der Waals surface area (Å²) in [6.45, 7) is 0.927. The number of likely N-dealkylation sites (tertiary alicyclic amines) is 1. The zero-order chi connectivity index (χ0) is 18.1. The number of carbonyl (C=O) groups excluding carboxylic acids is 1. The second-order valence-electron chi connectivity index (χ2n) is 7.29. The quantitative estimate of drug-likeness (QED) is 0.912. The van der Waals surface area contributed by atoms with Crippen LogP contribution in [0.4, 0.5) is 0 Å². The molecule has 1 saturated heterocycles. The molecule has 1 saturated carbocycles. The number of aromatic nitrogens is 2. The Morgan fingerprint density at radius 1 is 1.35 bits per heavy atom. The number of hydrogen-bond acceptors (Lipinski definition) is 4. The smallest absolute Gasteiger partial charge is 0.242 e. The fraction of sp³-hybridized carbons (Fsp3) is 0.500. The van der Waals surface area contributed by atoms with Crippen molar-refractivity contribution in [2.45, 2.75) is 50.0 Å². The summed E-state index contributed by atoms with van der Waals surface area (Å²) in [4.78, 5) is 19.4. The molecule has 1 amide bonds. The summed E-state index contributed by atoms with van der Waals surface area (Å²) < 4.78 is 7.73. The number of carbonyl (C=O) groups is 1. The maximum absolute atomic E-state index is 13.1. The SMILES string of the molecule is CO[C@@]12CC[C@@H](O)C[C@@H]1N(C(=O)Cn1ccnc1-c1ccccc1)CC2. The molecule has 0 bridgehead atoms. The molecule has 138 valence electrons. The minimum Gasteiger partial charge on any atom is -0.393 e. The fourth-order valence-electron chi connectivity index (χ4n) is 4.50. The summed E-state index contributed by atoms with van der Waals surface area (Å²) in [5.74, 6) is 0.845. The van der Waals surface area contributed by atoms with Gasteiger partial charge in [0, 0.05) is 31.6 Å². The first-order valence-electron chi connectivity index (χ1n) is 9.22. The van der Waals surface area contributed by atoms with Crippen LogP contribution < -0.4 is 0 Å². The van der Waals surface area contributed by atoms with Gasteiger partial charge in [0.25, 0.3) is 0 Å². The number of ether oxygens (including phenoxy) is 1. The number of fused-ring (bicyclic) bond motifs is 1. The second kappa shape index (κ2) is 6.85. The van der Waals surface area contributed by atoms with Gasteiger partial charge in [-0.1, -0.05) is 30.3 Å². The third-order valence-corrected chi connectivity index (χ3v) is 5.94. The van der Waals surface area contributed by atoms with Gasteiger partial charge in [-0.05, 0) is 25.7 Å². The number of amides is 1. The number of nitrogens with zero attached hydrogens (tertiary/aromatic N) is 3. The van der Waals surface area contributed by atoms with Crippen molar-refractivity contribution >= 4 is 5.91 Å². The Morgan fingerprint density at radius 3 is 2.92 bits per heavy atom. The molecule has 1 aliphatic heterocycles. The van der Waals surface area contributed by atoms with Crippen LogP contribution in [0.5, 0.6) is 0 Å². The highest BCUT2D eigenvalue weighted by Gasteiger charge is 2.52. The van der Waals surface area contributed by atoms with E-state index in [1.54, 1.807) is 13.3 Å². The first kappa shape index (κ1) is 17.2. The van der Waals surface area contributed by atoms with Gasteiger partial charge in [0.15, 0.2) is 0 Å².